The van der Waals surface area contributed by atoms with Gasteiger partial charge >= 0.3 is 5.97 Å². The van der Waals surface area contributed by atoms with Crippen LogP contribution in [-0.4, -0.2) is 48.9 Å². The molecular weight excluding hydrogens is 428 g/mol. The molecule has 1 fully saturated rings. The summed E-state index contributed by atoms with van der Waals surface area (Å²) in [5, 5.41) is 3.48. The van der Waals surface area contributed by atoms with Crippen LogP contribution in [-0.2, 0) is 19.7 Å². The summed E-state index contributed by atoms with van der Waals surface area (Å²) in [6.45, 7) is 4.59. The molecule has 32 heavy (non-hydrogen) atoms. The van der Waals surface area contributed by atoms with Gasteiger partial charge in [0, 0.05) is 23.7 Å². The first-order valence-electron chi connectivity index (χ1n) is 10.8. The number of esters is 1. The maximum absolute atomic E-state index is 13.3. The van der Waals surface area contributed by atoms with E-state index in [-0.39, 0.29) is 23.7 Å². The Morgan fingerprint density at radius 1 is 1.00 bits per heavy atom. The first kappa shape index (κ1) is 23.8. The van der Waals surface area contributed by atoms with Crippen LogP contribution in [0.1, 0.15) is 42.6 Å². The summed E-state index contributed by atoms with van der Waals surface area (Å²) in [4.78, 5) is 40.5. The van der Waals surface area contributed by atoms with Crippen molar-refractivity contribution in [3.05, 3.63) is 70.7 Å². The number of ether oxygens (including phenoxy) is 1. The molecule has 0 saturated carbocycles. The fourth-order valence-corrected chi connectivity index (χ4v) is 4.33. The van der Waals surface area contributed by atoms with Crippen LogP contribution in [0.3, 0.4) is 0 Å². The van der Waals surface area contributed by atoms with Gasteiger partial charge in [0.1, 0.15) is 6.04 Å². The Kier molecular flexibility index (Phi) is 7.56. The number of nitrogens with one attached hydrogen (secondary N) is 1. The highest BCUT2D eigenvalue weighted by Crippen LogP contribution is 2.37. The number of halogens is 1. The normalized spacial score (nSPS) is 16.3. The molecule has 1 atom stereocenters. The molecule has 170 valence electrons. The highest BCUT2D eigenvalue weighted by Gasteiger charge is 2.45. The Hall–Kier alpha value is -2.86. The van der Waals surface area contributed by atoms with Gasteiger partial charge < -0.3 is 15.0 Å². The second-order valence-corrected chi connectivity index (χ2v) is 8.90. The molecule has 1 aliphatic heterocycles. The number of carbonyl (C=O) groups excluding carboxylic acids is 3. The molecular formula is C25H29ClN2O4. The second-order valence-electron chi connectivity index (χ2n) is 8.47. The zero-order chi connectivity index (χ0) is 23.3. The molecule has 1 aliphatic rings. The van der Waals surface area contributed by atoms with Gasteiger partial charge in [-0.15, -0.1) is 0 Å². The van der Waals surface area contributed by atoms with Crippen molar-refractivity contribution in [2.45, 2.75) is 38.1 Å². The van der Waals surface area contributed by atoms with Gasteiger partial charge in [0.15, 0.2) is 0 Å². The quantitative estimate of drug-likeness (QED) is 0.670. The fourth-order valence-electron chi connectivity index (χ4n) is 4.21. The first-order chi connectivity index (χ1) is 15.3. The molecule has 7 heteroatoms. The van der Waals surface area contributed by atoms with E-state index in [0.29, 0.717) is 36.5 Å². The average molecular weight is 457 g/mol. The number of methoxy groups -OCH3 is 1. The summed E-state index contributed by atoms with van der Waals surface area (Å²) in [7, 11) is 1.38. The predicted molar refractivity (Wildman–Crippen MR) is 123 cm³/mol. The third kappa shape index (κ3) is 4.96. The minimum absolute atomic E-state index is 0.0845. The summed E-state index contributed by atoms with van der Waals surface area (Å²) in [6.07, 6.45) is 0.870. The third-order valence-corrected chi connectivity index (χ3v) is 6.41. The maximum atomic E-state index is 13.3. The molecule has 0 spiro atoms. The zero-order valence-electron chi connectivity index (χ0n) is 18.6. The van der Waals surface area contributed by atoms with Crippen molar-refractivity contribution in [1.82, 2.24) is 10.2 Å². The Labute approximate surface area is 193 Å². The van der Waals surface area contributed by atoms with Crippen molar-refractivity contribution in [1.29, 1.82) is 0 Å². The Bertz CT molecular complexity index is 952. The number of benzene rings is 2. The summed E-state index contributed by atoms with van der Waals surface area (Å²) in [5.41, 5.74) is 0.521. The van der Waals surface area contributed by atoms with Gasteiger partial charge in [0.05, 0.1) is 12.5 Å². The monoisotopic (exact) mass is 456 g/mol. The molecule has 0 aliphatic carbocycles. The van der Waals surface area contributed by atoms with Crippen LogP contribution in [0, 0.1) is 5.92 Å². The summed E-state index contributed by atoms with van der Waals surface area (Å²) in [5.74, 6) is -0.818. The lowest BCUT2D eigenvalue weighted by atomic mass is 9.72. The minimum atomic E-state index is -0.823. The van der Waals surface area contributed by atoms with Gasteiger partial charge in [-0.1, -0.05) is 55.8 Å². The second kappa shape index (κ2) is 10.2. The van der Waals surface area contributed by atoms with E-state index < -0.39 is 11.5 Å². The highest BCUT2D eigenvalue weighted by molar-refractivity contribution is 6.30. The van der Waals surface area contributed by atoms with Crippen LogP contribution in [0.25, 0.3) is 0 Å². The van der Waals surface area contributed by atoms with E-state index in [1.165, 1.54) is 7.11 Å². The summed E-state index contributed by atoms with van der Waals surface area (Å²) in [6, 6.07) is 15.4. The number of hydrogen-bond donors (Lipinski definition) is 1. The molecule has 0 radical (unpaired) electrons. The average Bonchev–Trinajstić information content (AvgIpc) is 2.82. The number of likely N-dealkylation sites (tertiary alicyclic amines) is 1. The van der Waals surface area contributed by atoms with Crippen molar-refractivity contribution in [3.63, 3.8) is 0 Å². The Balaban J connectivity index is 1.75. The molecule has 2 aromatic carbocycles. The van der Waals surface area contributed by atoms with Gasteiger partial charge in [0.25, 0.3) is 5.91 Å². The van der Waals surface area contributed by atoms with E-state index in [4.69, 9.17) is 16.3 Å². The molecule has 2 amide bonds. The summed E-state index contributed by atoms with van der Waals surface area (Å²) >= 11 is 6.02. The minimum Gasteiger partial charge on any atom is -0.468 e. The van der Waals surface area contributed by atoms with Gasteiger partial charge in [0.2, 0.25) is 5.91 Å². The Morgan fingerprint density at radius 2 is 1.59 bits per heavy atom. The number of amides is 2. The topological polar surface area (TPSA) is 75.7 Å². The molecule has 0 bridgehead atoms. The van der Waals surface area contributed by atoms with Gasteiger partial charge in [-0.05, 0) is 48.6 Å². The molecule has 6 nitrogen and oxygen atoms in total. The number of piperidine rings is 1. The van der Waals surface area contributed by atoms with Crippen molar-refractivity contribution >= 4 is 29.4 Å². The number of carbonyl (C=O) groups is 3. The van der Waals surface area contributed by atoms with Crippen LogP contribution in [0.5, 0.6) is 0 Å². The third-order valence-electron chi connectivity index (χ3n) is 6.16. The molecule has 1 heterocycles. The van der Waals surface area contributed by atoms with Gasteiger partial charge in [-0.2, -0.15) is 0 Å². The van der Waals surface area contributed by atoms with E-state index in [9.17, 15) is 14.4 Å². The molecule has 0 aromatic heterocycles. The fraction of sp³-hybridized carbons (Fsp3) is 0.400. The van der Waals surface area contributed by atoms with Crippen LogP contribution in [0.2, 0.25) is 5.02 Å². The van der Waals surface area contributed by atoms with Crippen molar-refractivity contribution in [3.8, 4) is 0 Å². The predicted octanol–water partition coefficient (Wildman–Crippen LogP) is 3.83. The Morgan fingerprint density at radius 3 is 2.12 bits per heavy atom. The number of hydrogen-bond acceptors (Lipinski definition) is 4. The number of rotatable bonds is 6. The largest absolute Gasteiger partial charge is 0.468 e. The van der Waals surface area contributed by atoms with E-state index in [0.717, 1.165) is 5.56 Å². The van der Waals surface area contributed by atoms with Crippen LogP contribution in [0.4, 0.5) is 0 Å². The lowest BCUT2D eigenvalue weighted by Crippen LogP contribution is -2.56. The number of nitrogens with zero attached hydrogens (tertiary/aromatic N) is 1. The van der Waals surface area contributed by atoms with Gasteiger partial charge in [-0.25, -0.2) is 0 Å². The lowest BCUT2D eigenvalue weighted by molar-refractivity contribution is -0.152. The maximum Gasteiger partial charge on any atom is 0.316 e. The standard InChI is InChI=1S/C25H29ClN2O4/c1-17(2)21(27-22(29)18-7-5-4-6-8-18)23(30)28-15-13-25(14-16-28,24(31)32-3)19-9-11-20(26)12-10-19/h4-12,17,21H,13-16H2,1-3H3,(H,27,29)/t21-/m1/s1. The van der Waals surface area contributed by atoms with E-state index in [1.807, 2.05) is 32.0 Å². The van der Waals surface area contributed by atoms with Crippen LogP contribution < -0.4 is 5.32 Å². The van der Waals surface area contributed by atoms with Gasteiger partial charge in [-0.3, -0.25) is 14.4 Å². The van der Waals surface area contributed by atoms with Crippen LogP contribution in [0.15, 0.2) is 54.6 Å². The molecule has 2 aromatic rings. The molecule has 1 saturated heterocycles. The van der Waals surface area contributed by atoms with Crippen molar-refractivity contribution in [2.24, 2.45) is 5.92 Å². The molecule has 3 rings (SSSR count). The molecule has 1 N–H and O–H groups in total. The smallest absolute Gasteiger partial charge is 0.316 e. The van der Waals surface area contributed by atoms with E-state index in [2.05, 4.69) is 5.32 Å². The summed E-state index contributed by atoms with van der Waals surface area (Å²) < 4.78 is 5.13. The lowest BCUT2D eigenvalue weighted by Gasteiger charge is -2.41. The molecule has 0 unspecified atom stereocenters. The highest BCUT2D eigenvalue weighted by atomic mass is 35.5. The van der Waals surface area contributed by atoms with Crippen molar-refractivity contribution in [2.75, 3.05) is 20.2 Å². The SMILES string of the molecule is COC(=O)C1(c2ccc(Cl)cc2)CCN(C(=O)[C@H](NC(=O)c2ccccc2)C(C)C)CC1. The van der Waals surface area contributed by atoms with E-state index >= 15 is 0 Å². The first-order valence-corrected chi connectivity index (χ1v) is 11.2. The van der Waals surface area contributed by atoms with E-state index in [1.54, 1.807) is 41.3 Å². The zero-order valence-corrected chi connectivity index (χ0v) is 19.4. The van der Waals surface area contributed by atoms with Crippen molar-refractivity contribution < 1.29 is 19.1 Å². The van der Waals surface area contributed by atoms with Crippen LogP contribution >= 0.6 is 11.6 Å².